The summed E-state index contributed by atoms with van der Waals surface area (Å²) in [5.41, 5.74) is 2.34. The highest BCUT2D eigenvalue weighted by atomic mass is 16.5. The molecular formula is C16H24N4O. The van der Waals surface area contributed by atoms with Gasteiger partial charge in [0.05, 0.1) is 12.3 Å². The molecule has 1 aromatic carbocycles. The summed E-state index contributed by atoms with van der Waals surface area (Å²) in [6.45, 7) is 5.59. The molecule has 0 aliphatic heterocycles. The highest BCUT2D eigenvalue weighted by Crippen LogP contribution is 2.09. The molecular weight excluding hydrogens is 264 g/mol. The molecule has 0 fully saturated rings. The summed E-state index contributed by atoms with van der Waals surface area (Å²) in [6, 6.07) is 10.8. The first-order valence-corrected chi connectivity index (χ1v) is 7.31. The van der Waals surface area contributed by atoms with E-state index in [2.05, 4.69) is 46.9 Å². The Morgan fingerprint density at radius 1 is 1.33 bits per heavy atom. The van der Waals surface area contributed by atoms with Crippen LogP contribution in [-0.4, -0.2) is 42.6 Å². The van der Waals surface area contributed by atoms with Crippen molar-refractivity contribution in [3.8, 4) is 5.69 Å². The monoisotopic (exact) mass is 288 g/mol. The van der Waals surface area contributed by atoms with Gasteiger partial charge in [0.1, 0.15) is 0 Å². The molecule has 21 heavy (non-hydrogen) atoms. The molecule has 2 aromatic rings. The van der Waals surface area contributed by atoms with Crippen molar-refractivity contribution in [2.75, 3.05) is 26.8 Å². The molecule has 0 saturated carbocycles. The van der Waals surface area contributed by atoms with Crippen LogP contribution in [0, 0.1) is 0 Å². The summed E-state index contributed by atoms with van der Waals surface area (Å²) in [6.07, 6.45) is 3.74. The smallest absolute Gasteiger partial charge is 0.0648 e. The minimum Gasteiger partial charge on any atom is -0.383 e. The first-order chi connectivity index (χ1) is 10.3. The number of hydrogen-bond acceptors (Lipinski definition) is 4. The van der Waals surface area contributed by atoms with Crippen molar-refractivity contribution in [2.45, 2.75) is 19.5 Å². The Hall–Kier alpha value is -1.69. The zero-order valence-electron chi connectivity index (χ0n) is 12.7. The number of aromatic nitrogens is 2. The van der Waals surface area contributed by atoms with Crippen LogP contribution in [0.5, 0.6) is 0 Å². The Labute approximate surface area is 126 Å². The van der Waals surface area contributed by atoms with E-state index in [-0.39, 0.29) is 0 Å². The van der Waals surface area contributed by atoms with Gasteiger partial charge in [-0.2, -0.15) is 5.10 Å². The van der Waals surface area contributed by atoms with Crippen LogP contribution in [0.1, 0.15) is 12.5 Å². The topological polar surface area (TPSA) is 51.1 Å². The molecule has 1 atom stereocenters. The Morgan fingerprint density at radius 3 is 3.00 bits per heavy atom. The molecule has 0 spiro atoms. The van der Waals surface area contributed by atoms with Crippen LogP contribution in [0.25, 0.3) is 5.69 Å². The molecule has 1 heterocycles. The number of rotatable bonds is 9. The van der Waals surface area contributed by atoms with E-state index >= 15 is 0 Å². The Kier molecular flexibility index (Phi) is 6.40. The second-order valence-electron chi connectivity index (χ2n) is 5.10. The lowest BCUT2D eigenvalue weighted by atomic mass is 10.2. The number of ether oxygens (including phenoxy) is 1. The van der Waals surface area contributed by atoms with Gasteiger partial charge in [0.2, 0.25) is 0 Å². The van der Waals surface area contributed by atoms with Crippen molar-refractivity contribution < 1.29 is 4.74 Å². The summed E-state index contributed by atoms with van der Waals surface area (Å²) < 4.78 is 6.88. The lowest BCUT2D eigenvalue weighted by Gasteiger charge is -2.15. The second kappa shape index (κ2) is 8.56. The van der Waals surface area contributed by atoms with E-state index in [1.807, 2.05) is 16.9 Å². The molecule has 0 aliphatic rings. The Balaban J connectivity index is 1.79. The van der Waals surface area contributed by atoms with Gasteiger partial charge in [-0.15, -0.1) is 0 Å². The summed E-state index contributed by atoms with van der Waals surface area (Å²) in [5, 5.41) is 11.1. The van der Waals surface area contributed by atoms with Gasteiger partial charge in [-0.05, 0) is 30.7 Å². The van der Waals surface area contributed by atoms with Gasteiger partial charge in [-0.1, -0.05) is 12.1 Å². The summed E-state index contributed by atoms with van der Waals surface area (Å²) in [4.78, 5) is 0. The van der Waals surface area contributed by atoms with Crippen LogP contribution >= 0.6 is 0 Å². The van der Waals surface area contributed by atoms with Gasteiger partial charge < -0.3 is 15.4 Å². The van der Waals surface area contributed by atoms with Crippen molar-refractivity contribution in [2.24, 2.45) is 0 Å². The number of nitrogens with zero attached hydrogens (tertiary/aromatic N) is 2. The fraction of sp³-hybridized carbons (Fsp3) is 0.438. The van der Waals surface area contributed by atoms with Crippen LogP contribution < -0.4 is 10.6 Å². The van der Waals surface area contributed by atoms with Crippen molar-refractivity contribution in [3.05, 3.63) is 48.3 Å². The van der Waals surface area contributed by atoms with E-state index in [0.717, 1.165) is 31.9 Å². The van der Waals surface area contributed by atoms with E-state index in [4.69, 9.17) is 4.74 Å². The van der Waals surface area contributed by atoms with Gasteiger partial charge in [-0.3, -0.25) is 0 Å². The fourth-order valence-corrected chi connectivity index (χ4v) is 2.09. The Morgan fingerprint density at radius 2 is 2.24 bits per heavy atom. The second-order valence-corrected chi connectivity index (χ2v) is 5.10. The molecule has 1 aromatic heterocycles. The zero-order valence-corrected chi connectivity index (χ0v) is 12.7. The van der Waals surface area contributed by atoms with Gasteiger partial charge in [0.25, 0.3) is 0 Å². The van der Waals surface area contributed by atoms with E-state index in [9.17, 15) is 0 Å². The maximum Gasteiger partial charge on any atom is 0.0648 e. The highest BCUT2D eigenvalue weighted by Gasteiger charge is 2.02. The van der Waals surface area contributed by atoms with Gasteiger partial charge in [0.15, 0.2) is 0 Å². The van der Waals surface area contributed by atoms with Gasteiger partial charge in [0, 0.05) is 45.2 Å². The van der Waals surface area contributed by atoms with Gasteiger partial charge in [-0.25, -0.2) is 4.68 Å². The van der Waals surface area contributed by atoms with Crippen LogP contribution in [0.3, 0.4) is 0 Å². The quantitative estimate of drug-likeness (QED) is 0.688. The van der Waals surface area contributed by atoms with Crippen LogP contribution in [0.15, 0.2) is 42.7 Å². The first-order valence-electron chi connectivity index (χ1n) is 7.31. The van der Waals surface area contributed by atoms with Crippen molar-refractivity contribution in [3.63, 3.8) is 0 Å². The molecule has 2 N–H and O–H groups in total. The summed E-state index contributed by atoms with van der Waals surface area (Å²) in [5.74, 6) is 0. The lowest BCUT2D eigenvalue weighted by molar-refractivity contribution is 0.198. The van der Waals surface area contributed by atoms with Crippen molar-refractivity contribution in [1.82, 2.24) is 20.4 Å². The molecule has 1 unspecified atom stereocenters. The van der Waals surface area contributed by atoms with Crippen molar-refractivity contribution >= 4 is 0 Å². The normalized spacial score (nSPS) is 12.5. The molecule has 0 amide bonds. The van der Waals surface area contributed by atoms with E-state index < -0.39 is 0 Å². The predicted octanol–water partition coefficient (Wildman–Crippen LogP) is 1.59. The zero-order chi connectivity index (χ0) is 14.9. The average molecular weight is 288 g/mol. The number of benzene rings is 1. The predicted molar refractivity (Wildman–Crippen MR) is 84.6 cm³/mol. The molecule has 0 bridgehead atoms. The summed E-state index contributed by atoms with van der Waals surface area (Å²) >= 11 is 0. The lowest BCUT2D eigenvalue weighted by Crippen LogP contribution is -2.37. The summed E-state index contributed by atoms with van der Waals surface area (Å²) in [7, 11) is 1.72. The largest absolute Gasteiger partial charge is 0.383 e. The minimum absolute atomic E-state index is 0.412. The van der Waals surface area contributed by atoms with Crippen LogP contribution in [0.4, 0.5) is 0 Å². The molecule has 114 valence electrons. The number of nitrogens with one attached hydrogen (secondary N) is 2. The third-order valence-electron chi connectivity index (χ3n) is 3.27. The first kappa shape index (κ1) is 15.7. The number of hydrogen-bond donors (Lipinski definition) is 2. The number of methoxy groups -OCH3 is 1. The third kappa shape index (κ3) is 5.30. The van der Waals surface area contributed by atoms with E-state index in [1.165, 1.54) is 5.56 Å². The molecule has 5 heteroatoms. The highest BCUT2D eigenvalue weighted by molar-refractivity contribution is 5.34. The fourth-order valence-electron chi connectivity index (χ4n) is 2.09. The molecule has 5 nitrogen and oxygen atoms in total. The van der Waals surface area contributed by atoms with Crippen LogP contribution in [0.2, 0.25) is 0 Å². The van der Waals surface area contributed by atoms with E-state index in [1.54, 1.807) is 13.3 Å². The standard InChI is InChI=1S/C16H24N4O/c1-14(12-17-8-10-21-2)18-13-15-5-3-6-16(11-15)20-9-4-7-19-20/h3-7,9,11,14,17-18H,8,10,12-13H2,1-2H3. The molecule has 0 radical (unpaired) electrons. The van der Waals surface area contributed by atoms with Crippen molar-refractivity contribution in [1.29, 1.82) is 0 Å². The maximum absolute atomic E-state index is 5.01. The average Bonchev–Trinajstić information content (AvgIpc) is 3.04. The maximum atomic E-state index is 5.01. The van der Waals surface area contributed by atoms with Crippen LogP contribution in [-0.2, 0) is 11.3 Å². The molecule has 2 rings (SSSR count). The molecule has 0 saturated heterocycles. The third-order valence-corrected chi connectivity index (χ3v) is 3.27. The molecule has 0 aliphatic carbocycles. The SMILES string of the molecule is COCCNCC(C)NCc1cccc(-n2cccn2)c1. The minimum atomic E-state index is 0.412. The van der Waals surface area contributed by atoms with E-state index in [0.29, 0.717) is 6.04 Å². The Bertz CT molecular complexity index is 513. The van der Waals surface area contributed by atoms with Gasteiger partial charge >= 0.3 is 0 Å².